The molecule has 0 unspecified atom stereocenters. The summed E-state index contributed by atoms with van der Waals surface area (Å²) in [5, 5.41) is 9.10. The molecule has 0 aliphatic heterocycles. The fourth-order valence-corrected chi connectivity index (χ4v) is 1.53. The molecule has 0 aliphatic carbocycles. The maximum absolute atomic E-state index is 13.6. The van der Waals surface area contributed by atoms with Gasteiger partial charge >= 0.3 is 0 Å². The Morgan fingerprint density at radius 2 is 1.85 bits per heavy atom. The molecule has 0 aliphatic rings. The van der Waals surface area contributed by atoms with Crippen LogP contribution in [0.2, 0.25) is 0 Å². The molecule has 2 aromatic heterocycles. The summed E-state index contributed by atoms with van der Waals surface area (Å²) in [6.07, 6.45) is 0.808. The van der Waals surface area contributed by atoms with Crippen LogP contribution in [0.3, 0.4) is 0 Å². The summed E-state index contributed by atoms with van der Waals surface area (Å²) in [6, 6.07) is 0.784. The second kappa shape index (κ2) is 6.27. The van der Waals surface area contributed by atoms with Crippen LogP contribution in [0.15, 0.2) is 10.6 Å². The molecule has 0 bridgehead atoms. The summed E-state index contributed by atoms with van der Waals surface area (Å²) < 4.78 is 32.0. The van der Waals surface area contributed by atoms with E-state index in [1.54, 1.807) is 6.92 Å². The van der Waals surface area contributed by atoms with Crippen molar-refractivity contribution in [1.29, 1.82) is 0 Å². The number of hydrogen-bond acceptors (Lipinski definition) is 6. The summed E-state index contributed by atoms with van der Waals surface area (Å²) >= 11 is 0. The Labute approximate surface area is 114 Å². The molecule has 0 aromatic carbocycles. The Hall–Kier alpha value is -2.25. The lowest BCUT2D eigenvalue weighted by Crippen LogP contribution is -2.09. The Morgan fingerprint density at radius 1 is 1.15 bits per heavy atom. The number of halogens is 2. The van der Waals surface area contributed by atoms with E-state index in [1.807, 2.05) is 6.92 Å². The summed E-state index contributed by atoms with van der Waals surface area (Å²) in [4.78, 5) is 7.83. The molecule has 2 N–H and O–H groups in total. The van der Waals surface area contributed by atoms with Gasteiger partial charge in [-0.05, 0) is 13.3 Å². The maximum atomic E-state index is 13.6. The topological polar surface area (TPSA) is 75.9 Å². The van der Waals surface area contributed by atoms with Gasteiger partial charge in [-0.3, -0.25) is 0 Å². The molecule has 0 radical (unpaired) electrons. The molecule has 8 heteroatoms. The second-order valence-corrected chi connectivity index (χ2v) is 4.16. The highest BCUT2D eigenvalue weighted by atomic mass is 19.1. The van der Waals surface area contributed by atoms with E-state index < -0.39 is 11.6 Å². The van der Waals surface area contributed by atoms with Gasteiger partial charge in [-0.2, -0.15) is 4.98 Å². The van der Waals surface area contributed by atoms with Crippen molar-refractivity contribution in [2.75, 3.05) is 17.2 Å². The molecule has 0 saturated carbocycles. The lowest BCUT2D eigenvalue weighted by molar-refractivity contribution is 0.379. The number of hydrogen-bond donors (Lipinski definition) is 2. The van der Waals surface area contributed by atoms with Crippen LogP contribution in [0, 0.1) is 18.6 Å². The first-order chi connectivity index (χ1) is 9.60. The number of nitrogens with one attached hydrogen (secondary N) is 2. The molecular formula is C12H15F2N5O. The minimum Gasteiger partial charge on any atom is -0.368 e. The van der Waals surface area contributed by atoms with Crippen molar-refractivity contribution in [1.82, 2.24) is 15.1 Å². The molecule has 2 rings (SSSR count). The van der Waals surface area contributed by atoms with Gasteiger partial charge in [-0.15, -0.1) is 0 Å². The quantitative estimate of drug-likeness (QED) is 0.848. The van der Waals surface area contributed by atoms with E-state index in [9.17, 15) is 8.78 Å². The summed E-state index contributed by atoms with van der Waals surface area (Å²) in [5.41, 5.74) is 0. The van der Waals surface area contributed by atoms with Crippen LogP contribution >= 0.6 is 0 Å². The highest BCUT2D eigenvalue weighted by Crippen LogP contribution is 2.19. The second-order valence-electron chi connectivity index (χ2n) is 4.16. The van der Waals surface area contributed by atoms with Crippen LogP contribution in [0.25, 0.3) is 0 Å². The molecule has 2 aromatic rings. The zero-order chi connectivity index (χ0) is 14.5. The predicted octanol–water partition coefficient (Wildman–Crippen LogP) is 2.49. The molecule has 0 fully saturated rings. The van der Waals surface area contributed by atoms with Crippen molar-refractivity contribution in [3.05, 3.63) is 29.4 Å². The first-order valence-corrected chi connectivity index (χ1v) is 6.23. The zero-order valence-corrected chi connectivity index (χ0v) is 11.2. The van der Waals surface area contributed by atoms with E-state index in [-0.39, 0.29) is 18.2 Å². The van der Waals surface area contributed by atoms with Crippen LogP contribution in [0.5, 0.6) is 0 Å². The normalized spacial score (nSPS) is 10.6. The van der Waals surface area contributed by atoms with Gasteiger partial charge in [0.15, 0.2) is 29.1 Å². The SMILES string of the molecule is CCCNc1nc(NCc2nc(C)no2)c(F)cc1F. The van der Waals surface area contributed by atoms with Gasteiger partial charge in [0, 0.05) is 12.6 Å². The smallest absolute Gasteiger partial charge is 0.245 e. The van der Waals surface area contributed by atoms with Gasteiger partial charge in [0.05, 0.1) is 6.54 Å². The molecule has 6 nitrogen and oxygen atoms in total. The summed E-state index contributed by atoms with van der Waals surface area (Å²) in [7, 11) is 0. The van der Waals surface area contributed by atoms with Crippen molar-refractivity contribution >= 4 is 11.6 Å². The molecule has 108 valence electrons. The van der Waals surface area contributed by atoms with Gasteiger partial charge in [0.2, 0.25) is 5.89 Å². The number of pyridine rings is 1. The third kappa shape index (κ3) is 3.40. The minimum absolute atomic E-state index is 0.0115. The van der Waals surface area contributed by atoms with Gasteiger partial charge in [-0.1, -0.05) is 12.1 Å². The van der Waals surface area contributed by atoms with Crippen LogP contribution in [-0.4, -0.2) is 21.7 Å². The lowest BCUT2D eigenvalue weighted by atomic mass is 10.3. The van der Waals surface area contributed by atoms with E-state index in [1.165, 1.54) is 0 Å². The van der Waals surface area contributed by atoms with Gasteiger partial charge < -0.3 is 15.2 Å². The number of anilines is 2. The van der Waals surface area contributed by atoms with Gasteiger partial charge in [-0.25, -0.2) is 13.8 Å². The van der Waals surface area contributed by atoms with Crippen LogP contribution in [0.1, 0.15) is 25.1 Å². The standard InChI is InChI=1S/C12H15F2N5O/c1-3-4-15-11-8(13)5-9(14)12(18-11)16-6-10-17-7(2)19-20-10/h5H,3-4,6H2,1-2H3,(H2,15,16,18). The van der Waals surface area contributed by atoms with Crippen molar-refractivity contribution in [3.63, 3.8) is 0 Å². The first kappa shape index (κ1) is 14.2. The van der Waals surface area contributed by atoms with Crippen LogP contribution < -0.4 is 10.6 Å². The van der Waals surface area contributed by atoms with Crippen molar-refractivity contribution < 1.29 is 13.3 Å². The molecule has 20 heavy (non-hydrogen) atoms. The molecule has 0 amide bonds. The van der Waals surface area contributed by atoms with Crippen LogP contribution in [0.4, 0.5) is 20.4 Å². The first-order valence-electron chi connectivity index (χ1n) is 6.23. The van der Waals surface area contributed by atoms with Gasteiger partial charge in [0.1, 0.15) is 0 Å². The fourth-order valence-electron chi connectivity index (χ4n) is 1.53. The third-order valence-electron chi connectivity index (χ3n) is 2.45. The molecular weight excluding hydrogens is 268 g/mol. The molecule has 2 heterocycles. The molecule has 0 atom stereocenters. The Kier molecular flexibility index (Phi) is 4.44. The average molecular weight is 283 g/mol. The summed E-state index contributed by atoms with van der Waals surface area (Å²) in [5.74, 6) is -0.773. The number of aryl methyl sites for hydroxylation is 1. The van der Waals surface area contributed by atoms with E-state index in [0.29, 0.717) is 18.3 Å². The number of rotatable bonds is 6. The van der Waals surface area contributed by atoms with E-state index in [4.69, 9.17) is 4.52 Å². The Balaban J connectivity index is 2.09. The Morgan fingerprint density at radius 3 is 2.45 bits per heavy atom. The predicted molar refractivity (Wildman–Crippen MR) is 69.3 cm³/mol. The monoisotopic (exact) mass is 283 g/mol. The largest absolute Gasteiger partial charge is 0.368 e. The van der Waals surface area contributed by atoms with Crippen molar-refractivity contribution in [2.24, 2.45) is 0 Å². The van der Waals surface area contributed by atoms with E-state index in [0.717, 1.165) is 12.5 Å². The van der Waals surface area contributed by atoms with E-state index >= 15 is 0 Å². The zero-order valence-electron chi connectivity index (χ0n) is 11.2. The fraction of sp³-hybridized carbons (Fsp3) is 0.417. The lowest BCUT2D eigenvalue weighted by Gasteiger charge is -2.09. The minimum atomic E-state index is -0.777. The Bertz CT molecular complexity index is 587. The van der Waals surface area contributed by atoms with Crippen LogP contribution in [-0.2, 0) is 6.54 Å². The van der Waals surface area contributed by atoms with Crippen molar-refractivity contribution in [3.8, 4) is 0 Å². The molecule has 0 saturated heterocycles. The average Bonchev–Trinajstić information content (AvgIpc) is 2.82. The molecule has 0 spiro atoms. The highest BCUT2D eigenvalue weighted by molar-refractivity contribution is 5.47. The highest BCUT2D eigenvalue weighted by Gasteiger charge is 2.12. The number of aromatic nitrogens is 3. The van der Waals surface area contributed by atoms with Crippen molar-refractivity contribution in [2.45, 2.75) is 26.8 Å². The third-order valence-corrected chi connectivity index (χ3v) is 2.45. The van der Waals surface area contributed by atoms with Gasteiger partial charge in [0.25, 0.3) is 0 Å². The number of nitrogens with zero attached hydrogens (tertiary/aromatic N) is 3. The maximum Gasteiger partial charge on any atom is 0.245 e. The summed E-state index contributed by atoms with van der Waals surface area (Å²) in [6.45, 7) is 4.28. The van der Waals surface area contributed by atoms with E-state index in [2.05, 4.69) is 25.8 Å².